The van der Waals surface area contributed by atoms with E-state index in [0.717, 1.165) is 23.1 Å². The molecule has 1 saturated heterocycles. The van der Waals surface area contributed by atoms with Crippen LogP contribution in [-0.2, 0) is 29.0 Å². The highest BCUT2D eigenvalue weighted by molar-refractivity contribution is 8.05. The molecule has 0 spiro atoms. The van der Waals surface area contributed by atoms with E-state index in [0.29, 0.717) is 27.2 Å². The number of nitrogens with one attached hydrogen (secondary N) is 1. The maximum absolute atomic E-state index is 13.6. The van der Waals surface area contributed by atoms with Gasteiger partial charge in [-0.3, -0.25) is 14.5 Å². The van der Waals surface area contributed by atoms with Gasteiger partial charge in [0.05, 0.1) is 15.3 Å². The second-order valence-electron chi connectivity index (χ2n) is 8.21. The lowest BCUT2D eigenvalue weighted by Gasteiger charge is -2.19. The standard InChI is InChI=1S/C28H23Cl2N3O2S/c1-2-18-8-11-21(12-9-18)33-27(35)25(15-20-10-13-23(29)24(30)14-20)36-28(33)22(16-31)26(34)32-17-19-6-4-3-5-7-19/h3-14,25H,2,15,17H2,1H3,(H,32,34)/b28-22-. The molecule has 1 unspecified atom stereocenters. The number of halogens is 2. The molecule has 1 heterocycles. The lowest BCUT2D eigenvalue weighted by atomic mass is 10.1. The van der Waals surface area contributed by atoms with Crippen LogP contribution in [0.15, 0.2) is 83.4 Å². The number of hydrogen-bond acceptors (Lipinski definition) is 4. The Hall–Kier alpha value is -3.24. The van der Waals surface area contributed by atoms with Crippen molar-refractivity contribution in [3.8, 4) is 6.07 Å². The molecule has 3 aromatic carbocycles. The molecule has 1 fully saturated rings. The van der Waals surface area contributed by atoms with Crippen molar-refractivity contribution in [2.45, 2.75) is 31.6 Å². The van der Waals surface area contributed by atoms with Crippen molar-refractivity contribution < 1.29 is 9.59 Å². The molecule has 8 heteroatoms. The maximum Gasteiger partial charge on any atom is 0.264 e. The topological polar surface area (TPSA) is 73.2 Å². The molecule has 1 aliphatic heterocycles. The van der Waals surface area contributed by atoms with Gasteiger partial charge in [-0.25, -0.2) is 0 Å². The Labute approximate surface area is 224 Å². The highest BCUT2D eigenvalue weighted by atomic mass is 35.5. The summed E-state index contributed by atoms with van der Waals surface area (Å²) in [5.74, 6) is -0.726. The van der Waals surface area contributed by atoms with E-state index in [9.17, 15) is 14.9 Å². The number of benzene rings is 3. The van der Waals surface area contributed by atoms with E-state index in [1.807, 2.05) is 66.7 Å². The molecule has 3 aromatic rings. The molecule has 0 bridgehead atoms. The number of nitriles is 1. The van der Waals surface area contributed by atoms with Crippen LogP contribution in [0.3, 0.4) is 0 Å². The van der Waals surface area contributed by atoms with Crippen molar-refractivity contribution in [2.75, 3.05) is 4.90 Å². The first-order valence-corrected chi connectivity index (χ1v) is 13.0. The second-order valence-corrected chi connectivity index (χ2v) is 10.2. The molecule has 0 aliphatic carbocycles. The highest BCUT2D eigenvalue weighted by Crippen LogP contribution is 2.42. The summed E-state index contributed by atoms with van der Waals surface area (Å²) in [6.45, 7) is 2.32. The van der Waals surface area contributed by atoms with Gasteiger partial charge in [-0.15, -0.1) is 0 Å². The predicted octanol–water partition coefficient (Wildman–Crippen LogP) is 6.30. The van der Waals surface area contributed by atoms with Crippen LogP contribution in [0.5, 0.6) is 0 Å². The average molecular weight is 536 g/mol. The SMILES string of the molecule is CCc1ccc(N2C(=O)C(Cc3ccc(Cl)c(Cl)c3)S/C2=C(/C#N)C(=O)NCc2ccccc2)cc1. The van der Waals surface area contributed by atoms with Crippen molar-refractivity contribution in [1.29, 1.82) is 5.26 Å². The summed E-state index contributed by atoms with van der Waals surface area (Å²) in [6.07, 6.45) is 1.23. The van der Waals surface area contributed by atoms with Crippen LogP contribution < -0.4 is 10.2 Å². The normalized spacial score (nSPS) is 16.6. The molecule has 0 radical (unpaired) electrons. The van der Waals surface area contributed by atoms with Crippen molar-refractivity contribution >= 4 is 52.5 Å². The first-order valence-electron chi connectivity index (χ1n) is 11.4. The van der Waals surface area contributed by atoms with Gasteiger partial charge in [-0.2, -0.15) is 5.26 Å². The van der Waals surface area contributed by atoms with Gasteiger partial charge in [-0.05, 0) is 53.8 Å². The largest absolute Gasteiger partial charge is 0.347 e. The van der Waals surface area contributed by atoms with Gasteiger partial charge >= 0.3 is 0 Å². The van der Waals surface area contributed by atoms with Gasteiger partial charge < -0.3 is 5.32 Å². The zero-order chi connectivity index (χ0) is 25.7. The number of carbonyl (C=O) groups excluding carboxylic acids is 2. The van der Waals surface area contributed by atoms with Crippen LogP contribution in [0.4, 0.5) is 5.69 Å². The first kappa shape index (κ1) is 25.8. The molecule has 1 aliphatic rings. The van der Waals surface area contributed by atoms with E-state index in [1.54, 1.807) is 12.1 Å². The van der Waals surface area contributed by atoms with Crippen LogP contribution in [0.25, 0.3) is 0 Å². The van der Waals surface area contributed by atoms with E-state index in [4.69, 9.17) is 23.2 Å². The Bertz CT molecular complexity index is 1350. The van der Waals surface area contributed by atoms with E-state index in [-0.39, 0.29) is 18.0 Å². The summed E-state index contributed by atoms with van der Waals surface area (Å²) in [4.78, 5) is 28.2. The van der Waals surface area contributed by atoms with E-state index in [2.05, 4.69) is 12.2 Å². The fraction of sp³-hybridized carbons (Fsp3) is 0.179. The van der Waals surface area contributed by atoms with Crippen molar-refractivity contribution in [3.05, 3.63) is 110 Å². The van der Waals surface area contributed by atoms with Crippen molar-refractivity contribution in [1.82, 2.24) is 5.32 Å². The molecule has 2 amide bonds. The molecule has 0 aromatic heterocycles. The van der Waals surface area contributed by atoms with E-state index in [1.165, 1.54) is 16.7 Å². The fourth-order valence-corrected chi connectivity index (χ4v) is 5.48. The summed E-state index contributed by atoms with van der Waals surface area (Å²) in [6, 6.07) is 24.3. The molecule has 1 atom stereocenters. The summed E-state index contributed by atoms with van der Waals surface area (Å²) in [7, 11) is 0. The van der Waals surface area contributed by atoms with Crippen molar-refractivity contribution in [2.24, 2.45) is 0 Å². The molecular weight excluding hydrogens is 513 g/mol. The maximum atomic E-state index is 13.6. The number of anilines is 1. The van der Waals surface area contributed by atoms with Crippen LogP contribution in [0.1, 0.15) is 23.6 Å². The van der Waals surface area contributed by atoms with Crippen LogP contribution in [0.2, 0.25) is 10.0 Å². The Morgan fingerprint density at radius 1 is 1.00 bits per heavy atom. The minimum absolute atomic E-state index is 0.0968. The molecule has 1 N–H and O–H groups in total. The summed E-state index contributed by atoms with van der Waals surface area (Å²) >= 11 is 13.4. The third-order valence-electron chi connectivity index (χ3n) is 5.81. The van der Waals surface area contributed by atoms with Gasteiger partial charge in [0.1, 0.15) is 16.7 Å². The number of nitrogens with zero attached hydrogens (tertiary/aromatic N) is 2. The van der Waals surface area contributed by atoms with E-state index >= 15 is 0 Å². The lowest BCUT2D eigenvalue weighted by molar-refractivity contribution is -0.117. The summed E-state index contributed by atoms with van der Waals surface area (Å²) in [5.41, 5.74) is 3.38. The Balaban J connectivity index is 1.68. The molecule has 36 heavy (non-hydrogen) atoms. The van der Waals surface area contributed by atoms with Crippen LogP contribution >= 0.6 is 35.0 Å². The molecule has 0 saturated carbocycles. The summed E-state index contributed by atoms with van der Waals surface area (Å²) in [5, 5.41) is 13.4. The van der Waals surface area contributed by atoms with Crippen LogP contribution in [-0.4, -0.2) is 17.1 Å². The smallest absolute Gasteiger partial charge is 0.264 e. The first-order chi connectivity index (χ1) is 17.4. The van der Waals surface area contributed by atoms with Gasteiger partial charge in [0.25, 0.3) is 5.91 Å². The van der Waals surface area contributed by atoms with Crippen LogP contribution in [0, 0.1) is 11.3 Å². The monoisotopic (exact) mass is 535 g/mol. The molecule has 5 nitrogen and oxygen atoms in total. The number of amides is 2. The fourth-order valence-electron chi connectivity index (χ4n) is 3.85. The van der Waals surface area contributed by atoms with Gasteiger partial charge in [0.2, 0.25) is 5.91 Å². The Morgan fingerprint density at radius 2 is 1.69 bits per heavy atom. The Morgan fingerprint density at radius 3 is 2.33 bits per heavy atom. The minimum Gasteiger partial charge on any atom is -0.347 e. The zero-order valence-electron chi connectivity index (χ0n) is 19.5. The van der Waals surface area contributed by atoms with Gasteiger partial charge in [0.15, 0.2) is 0 Å². The van der Waals surface area contributed by atoms with Gasteiger partial charge in [-0.1, -0.05) is 90.4 Å². The third-order valence-corrected chi connectivity index (χ3v) is 7.81. The van der Waals surface area contributed by atoms with E-state index < -0.39 is 11.2 Å². The predicted molar refractivity (Wildman–Crippen MR) is 146 cm³/mol. The number of aryl methyl sites for hydroxylation is 1. The van der Waals surface area contributed by atoms with Crippen molar-refractivity contribution in [3.63, 3.8) is 0 Å². The summed E-state index contributed by atoms with van der Waals surface area (Å²) < 4.78 is 0. The van der Waals surface area contributed by atoms with Gasteiger partial charge in [0, 0.05) is 12.2 Å². The number of rotatable bonds is 7. The number of carbonyl (C=O) groups is 2. The zero-order valence-corrected chi connectivity index (χ0v) is 21.8. The number of hydrogen-bond donors (Lipinski definition) is 1. The Kier molecular flexibility index (Phi) is 8.37. The highest BCUT2D eigenvalue weighted by Gasteiger charge is 2.40. The quantitative estimate of drug-likeness (QED) is 0.284. The second kappa shape index (κ2) is 11.7. The number of thioether (sulfide) groups is 1. The molecule has 4 rings (SSSR count). The molecular formula is C28H23Cl2N3O2S. The lowest BCUT2D eigenvalue weighted by Crippen LogP contribution is -2.32. The molecule has 182 valence electrons. The third kappa shape index (κ3) is 5.76. The average Bonchev–Trinajstić information content (AvgIpc) is 3.21. The minimum atomic E-state index is -0.534.